The number of methoxy groups -OCH3 is 2. The van der Waals surface area contributed by atoms with Crippen molar-refractivity contribution in [1.82, 2.24) is 5.32 Å². The van der Waals surface area contributed by atoms with E-state index in [1.165, 1.54) is 0 Å². The van der Waals surface area contributed by atoms with Gasteiger partial charge < -0.3 is 38.6 Å². The van der Waals surface area contributed by atoms with Crippen molar-refractivity contribution in [2.45, 2.75) is 32.1 Å². The second-order valence-corrected chi connectivity index (χ2v) is 11.0. The zero-order valence-corrected chi connectivity index (χ0v) is 25.9. The van der Waals surface area contributed by atoms with Gasteiger partial charge in [0, 0.05) is 44.0 Å². The summed E-state index contributed by atoms with van der Waals surface area (Å²) in [5.41, 5.74) is 1.81. The van der Waals surface area contributed by atoms with Gasteiger partial charge in [-0.05, 0) is 55.8 Å². The fourth-order valence-electron chi connectivity index (χ4n) is 5.57. The number of nitrogens with zero attached hydrogens (tertiary/aromatic N) is 2. The molecule has 10 nitrogen and oxygen atoms in total. The summed E-state index contributed by atoms with van der Waals surface area (Å²) in [5, 5.41) is 3.21. The number of rotatable bonds is 15. The van der Waals surface area contributed by atoms with Crippen LogP contribution in [0.2, 0.25) is 0 Å². The number of anilines is 2. The predicted octanol–water partition coefficient (Wildman–Crippen LogP) is 4.65. The number of ether oxygens (including phenoxy) is 6. The summed E-state index contributed by atoms with van der Waals surface area (Å²) in [7, 11) is 3.38. The minimum atomic E-state index is -0.943. The Labute approximate surface area is 259 Å². The Morgan fingerprint density at radius 2 is 1.77 bits per heavy atom. The van der Waals surface area contributed by atoms with E-state index in [1.807, 2.05) is 73.7 Å². The van der Waals surface area contributed by atoms with E-state index in [2.05, 4.69) is 10.2 Å². The molecule has 2 aliphatic heterocycles. The fraction of sp³-hybridized carbons (Fsp3) is 0.441. The molecule has 1 saturated heterocycles. The summed E-state index contributed by atoms with van der Waals surface area (Å²) >= 11 is 0. The molecule has 0 bridgehead atoms. The van der Waals surface area contributed by atoms with Crippen molar-refractivity contribution in [3.63, 3.8) is 0 Å². The van der Waals surface area contributed by atoms with E-state index in [1.54, 1.807) is 19.1 Å². The minimum Gasteiger partial charge on any atom is -0.496 e. The SMILES string of the molecule is COCCCN1CCOc2ccc(OC3(C)CNCC(=O)N3c3ccc(OCCCOCc4ccccc4OC)cc3)cc21. The lowest BCUT2D eigenvalue weighted by atomic mass is 10.1. The molecular weight excluding hydrogens is 562 g/mol. The molecule has 0 aromatic heterocycles. The van der Waals surface area contributed by atoms with Crippen LogP contribution in [0.5, 0.6) is 23.0 Å². The lowest BCUT2D eigenvalue weighted by molar-refractivity contribution is -0.123. The highest BCUT2D eigenvalue weighted by molar-refractivity contribution is 5.97. The van der Waals surface area contributed by atoms with Crippen LogP contribution < -0.4 is 34.1 Å². The van der Waals surface area contributed by atoms with E-state index >= 15 is 0 Å². The first-order valence-corrected chi connectivity index (χ1v) is 15.2. The third-order valence-corrected chi connectivity index (χ3v) is 7.70. The van der Waals surface area contributed by atoms with Gasteiger partial charge in [-0.1, -0.05) is 18.2 Å². The molecule has 1 N–H and O–H groups in total. The van der Waals surface area contributed by atoms with E-state index in [9.17, 15) is 4.79 Å². The second kappa shape index (κ2) is 15.1. The molecule has 1 atom stereocenters. The molecule has 2 heterocycles. The van der Waals surface area contributed by atoms with E-state index in [0.29, 0.717) is 45.3 Å². The highest BCUT2D eigenvalue weighted by atomic mass is 16.5. The Kier molecular flexibility index (Phi) is 10.8. The molecule has 1 amide bonds. The van der Waals surface area contributed by atoms with Gasteiger partial charge in [0.05, 0.1) is 52.3 Å². The molecule has 0 radical (unpaired) electrons. The van der Waals surface area contributed by atoms with Crippen LogP contribution in [-0.2, 0) is 20.9 Å². The Balaban J connectivity index is 1.18. The van der Waals surface area contributed by atoms with Crippen molar-refractivity contribution >= 4 is 17.3 Å². The Hall–Kier alpha value is -3.99. The van der Waals surface area contributed by atoms with Crippen LogP contribution in [0.25, 0.3) is 0 Å². The maximum atomic E-state index is 13.2. The molecule has 1 fully saturated rings. The number of amides is 1. The fourth-order valence-corrected chi connectivity index (χ4v) is 5.57. The molecule has 1 unspecified atom stereocenters. The number of hydrogen-bond acceptors (Lipinski definition) is 9. The molecule has 5 rings (SSSR count). The predicted molar refractivity (Wildman–Crippen MR) is 169 cm³/mol. The summed E-state index contributed by atoms with van der Waals surface area (Å²) in [6, 6.07) is 21.2. The lowest BCUT2D eigenvalue weighted by Gasteiger charge is -2.44. The van der Waals surface area contributed by atoms with Crippen molar-refractivity contribution in [3.8, 4) is 23.0 Å². The van der Waals surface area contributed by atoms with Gasteiger partial charge in [-0.2, -0.15) is 0 Å². The van der Waals surface area contributed by atoms with E-state index in [0.717, 1.165) is 60.1 Å². The first kappa shape index (κ1) is 31.4. The molecule has 2 aliphatic rings. The summed E-state index contributed by atoms with van der Waals surface area (Å²) in [6.45, 7) is 7.21. The van der Waals surface area contributed by atoms with Crippen LogP contribution in [-0.4, -0.2) is 78.5 Å². The van der Waals surface area contributed by atoms with Gasteiger partial charge in [0.15, 0.2) is 5.72 Å². The molecular formula is C34H43N3O7. The van der Waals surface area contributed by atoms with Gasteiger partial charge >= 0.3 is 0 Å². The Morgan fingerprint density at radius 1 is 0.955 bits per heavy atom. The average molecular weight is 606 g/mol. The zero-order valence-electron chi connectivity index (χ0n) is 25.9. The number of hydrogen-bond donors (Lipinski definition) is 1. The quantitative estimate of drug-likeness (QED) is 0.249. The standard InChI is InChI=1S/C34H43N3O7/c1-34(44-29-14-15-32-30(22-29)36(17-21-43-32)16-6-18-39-2)25-35-23-33(38)37(34)27-10-12-28(13-11-27)42-20-7-19-41-24-26-8-4-5-9-31(26)40-3/h4-5,8-15,22,35H,6-7,16-21,23-25H2,1-3H3. The minimum absolute atomic E-state index is 0.0675. The highest BCUT2D eigenvalue weighted by Gasteiger charge is 2.42. The number of nitrogens with one attached hydrogen (secondary N) is 1. The Morgan fingerprint density at radius 3 is 2.59 bits per heavy atom. The van der Waals surface area contributed by atoms with Crippen LogP contribution in [0.1, 0.15) is 25.3 Å². The number of piperazine rings is 1. The topological polar surface area (TPSA) is 91.0 Å². The smallest absolute Gasteiger partial charge is 0.244 e. The van der Waals surface area contributed by atoms with Gasteiger partial charge in [0.2, 0.25) is 5.91 Å². The number of carbonyl (C=O) groups excluding carboxylic acids is 1. The molecule has 3 aromatic carbocycles. The Bertz CT molecular complexity index is 1370. The van der Waals surface area contributed by atoms with E-state index in [4.69, 9.17) is 28.4 Å². The third-order valence-electron chi connectivity index (χ3n) is 7.70. The van der Waals surface area contributed by atoms with Crippen molar-refractivity contribution in [3.05, 3.63) is 72.3 Å². The van der Waals surface area contributed by atoms with Crippen LogP contribution in [0.3, 0.4) is 0 Å². The molecule has 236 valence electrons. The molecule has 0 saturated carbocycles. The number of para-hydroxylation sites is 1. The first-order valence-electron chi connectivity index (χ1n) is 15.2. The normalized spacial score (nSPS) is 18.0. The largest absolute Gasteiger partial charge is 0.496 e. The van der Waals surface area contributed by atoms with E-state index in [-0.39, 0.29) is 12.5 Å². The van der Waals surface area contributed by atoms with Gasteiger partial charge in [0.1, 0.15) is 29.6 Å². The van der Waals surface area contributed by atoms with Crippen molar-refractivity contribution in [2.75, 3.05) is 76.6 Å². The monoisotopic (exact) mass is 605 g/mol. The number of benzene rings is 3. The average Bonchev–Trinajstić information content (AvgIpc) is 3.03. The maximum Gasteiger partial charge on any atom is 0.244 e. The van der Waals surface area contributed by atoms with Crippen molar-refractivity contribution < 1.29 is 33.2 Å². The van der Waals surface area contributed by atoms with Gasteiger partial charge in [-0.15, -0.1) is 0 Å². The highest BCUT2D eigenvalue weighted by Crippen LogP contribution is 2.37. The summed E-state index contributed by atoms with van der Waals surface area (Å²) in [6.07, 6.45) is 1.66. The lowest BCUT2D eigenvalue weighted by Crippen LogP contribution is -2.65. The summed E-state index contributed by atoms with van der Waals surface area (Å²) in [5.74, 6) is 2.99. The summed E-state index contributed by atoms with van der Waals surface area (Å²) in [4.78, 5) is 17.2. The molecule has 44 heavy (non-hydrogen) atoms. The molecule has 0 spiro atoms. The van der Waals surface area contributed by atoms with E-state index < -0.39 is 5.72 Å². The molecule has 0 aliphatic carbocycles. The third kappa shape index (κ3) is 7.74. The zero-order chi connectivity index (χ0) is 30.8. The molecule has 3 aromatic rings. The molecule has 10 heteroatoms. The number of carbonyl (C=O) groups is 1. The van der Waals surface area contributed by atoms with Crippen molar-refractivity contribution in [1.29, 1.82) is 0 Å². The van der Waals surface area contributed by atoms with Gasteiger partial charge in [0.25, 0.3) is 0 Å². The van der Waals surface area contributed by atoms with Gasteiger partial charge in [-0.3, -0.25) is 9.69 Å². The van der Waals surface area contributed by atoms with Crippen LogP contribution in [0, 0.1) is 0 Å². The van der Waals surface area contributed by atoms with Crippen LogP contribution in [0.15, 0.2) is 66.7 Å². The maximum absolute atomic E-state index is 13.2. The van der Waals surface area contributed by atoms with Crippen LogP contribution in [0.4, 0.5) is 11.4 Å². The van der Waals surface area contributed by atoms with Gasteiger partial charge in [-0.25, -0.2) is 0 Å². The van der Waals surface area contributed by atoms with Crippen molar-refractivity contribution in [2.24, 2.45) is 0 Å². The second-order valence-electron chi connectivity index (χ2n) is 11.0. The summed E-state index contributed by atoms with van der Waals surface area (Å²) < 4.78 is 34.8. The number of fused-ring (bicyclic) bond motifs is 1. The van der Waals surface area contributed by atoms with Crippen LogP contribution >= 0.6 is 0 Å². The first-order chi connectivity index (χ1) is 21.5.